The van der Waals surface area contributed by atoms with Crippen molar-refractivity contribution in [3.05, 3.63) is 56.6 Å². The highest BCUT2D eigenvalue weighted by Crippen LogP contribution is 2.29. The first-order chi connectivity index (χ1) is 12.6. The van der Waals surface area contributed by atoms with Gasteiger partial charge in [-0.25, -0.2) is 9.59 Å². The fraction of sp³-hybridized carbons (Fsp3) is 0.125. The lowest BCUT2D eigenvalue weighted by atomic mass is 10.1. The van der Waals surface area contributed by atoms with Crippen molar-refractivity contribution in [3.63, 3.8) is 0 Å². The van der Waals surface area contributed by atoms with Crippen LogP contribution in [0.25, 0.3) is 11.0 Å². The van der Waals surface area contributed by atoms with Crippen molar-refractivity contribution in [2.45, 2.75) is 13.8 Å². The largest absolute Gasteiger partial charge is 0.478 e. The maximum atomic E-state index is 10.7. The molecule has 3 rings (SSSR count). The number of nitrogens with two attached hydrogens (primary N) is 1. The van der Waals surface area contributed by atoms with Crippen LogP contribution >= 0.6 is 0 Å². The van der Waals surface area contributed by atoms with E-state index in [1.807, 2.05) is 6.92 Å². The van der Waals surface area contributed by atoms with E-state index in [9.17, 15) is 19.7 Å². The lowest BCUT2D eigenvalue weighted by molar-refractivity contribution is -0.384. The molecule has 0 saturated carbocycles. The molecule has 0 saturated heterocycles. The highest BCUT2D eigenvalue weighted by Gasteiger charge is 2.24. The van der Waals surface area contributed by atoms with Gasteiger partial charge in [-0.1, -0.05) is 12.1 Å². The van der Waals surface area contributed by atoms with Gasteiger partial charge >= 0.3 is 17.6 Å². The molecule has 0 atom stereocenters. The number of aryl methyl sites for hydroxylation is 2. The summed E-state index contributed by atoms with van der Waals surface area (Å²) in [6, 6.07) is 5.86. The number of carboxylic acids is 2. The Morgan fingerprint density at radius 1 is 1.00 bits per heavy atom. The van der Waals surface area contributed by atoms with Crippen LogP contribution in [0.1, 0.15) is 31.8 Å². The Morgan fingerprint density at radius 3 is 2.07 bits per heavy atom. The molecule has 5 N–H and O–H groups in total. The molecule has 0 unspecified atom stereocenters. The van der Waals surface area contributed by atoms with Gasteiger partial charge in [-0.15, -0.1) is 0 Å². The molecule has 0 aliphatic heterocycles. The molecule has 0 fully saturated rings. The Balaban J connectivity index is 0.000000194. The Morgan fingerprint density at radius 2 is 1.52 bits per heavy atom. The normalized spacial score (nSPS) is 10.1. The second-order valence-corrected chi connectivity index (χ2v) is 5.51. The zero-order chi connectivity index (χ0) is 20.3. The van der Waals surface area contributed by atoms with Crippen LogP contribution in [0.2, 0.25) is 0 Å². The number of nitro benzene ring substituents is 1. The summed E-state index contributed by atoms with van der Waals surface area (Å²) in [5.41, 5.74) is 6.98. The second kappa shape index (κ2) is 7.47. The number of nitrogens with zero attached hydrogens (tertiary/aromatic N) is 3. The Bertz CT molecular complexity index is 1060. The highest BCUT2D eigenvalue weighted by atomic mass is 16.6. The number of anilines is 1. The van der Waals surface area contributed by atoms with E-state index in [2.05, 4.69) is 15.4 Å². The number of nitrogens with one attached hydrogen (secondary N) is 1. The second-order valence-electron chi connectivity index (χ2n) is 5.51. The minimum atomic E-state index is -1.36. The molecule has 11 heteroatoms. The summed E-state index contributed by atoms with van der Waals surface area (Å²) in [5, 5.41) is 38.1. The van der Waals surface area contributed by atoms with Crippen LogP contribution in [0.15, 0.2) is 24.3 Å². The van der Waals surface area contributed by atoms with Gasteiger partial charge in [0.2, 0.25) is 0 Å². The van der Waals surface area contributed by atoms with E-state index in [0.29, 0.717) is 16.6 Å². The van der Waals surface area contributed by atoms with Gasteiger partial charge in [-0.05, 0) is 37.1 Å². The average molecular weight is 373 g/mol. The third-order valence-electron chi connectivity index (χ3n) is 3.76. The summed E-state index contributed by atoms with van der Waals surface area (Å²) in [5.74, 6) is -2.35. The molecule has 1 heterocycles. The number of nitro groups is 1. The van der Waals surface area contributed by atoms with E-state index in [1.54, 1.807) is 13.0 Å². The van der Waals surface area contributed by atoms with Crippen molar-refractivity contribution in [3.8, 4) is 0 Å². The molecule has 0 aliphatic rings. The molecule has 0 amide bonds. The van der Waals surface area contributed by atoms with Crippen LogP contribution in [0.5, 0.6) is 0 Å². The van der Waals surface area contributed by atoms with Gasteiger partial charge in [0.05, 0.1) is 10.5 Å². The number of carboxylic acid groups (broad SMARTS) is 2. The van der Waals surface area contributed by atoms with Gasteiger partial charge in [0.1, 0.15) is 22.3 Å². The SMILES string of the molecule is Cc1ccc(C(=O)O)c([N+](=O)[O-])c1N.Cc1ccc(C(=O)O)c2n[nH]nc12. The Kier molecular flexibility index (Phi) is 5.34. The predicted molar refractivity (Wildman–Crippen MR) is 94.8 cm³/mol. The molecule has 140 valence electrons. The lowest BCUT2D eigenvalue weighted by Crippen LogP contribution is -2.06. The number of fused-ring (bicyclic) bond motifs is 1. The van der Waals surface area contributed by atoms with E-state index in [4.69, 9.17) is 15.9 Å². The third kappa shape index (κ3) is 3.81. The fourth-order valence-electron chi connectivity index (χ4n) is 2.31. The summed E-state index contributed by atoms with van der Waals surface area (Å²) in [7, 11) is 0. The van der Waals surface area contributed by atoms with Crippen molar-refractivity contribution >= 4 is 34.3 Å². The standard InChI is InChI=1S/C8H7N3O2.C8H8N2O4/c1-4-2-3-5(8(12)13)7-6(4)9-11-10-7;1-4-2-3-5(8(11)12)7(6(4)9)10(13)14/h2-3H,1H3,(H,12,13)(H,9,10,11);2-3H,9H2,1H3,(H,11,12). The van der Waals surface area contributed by atoms with Crippen LogP contribution in [0.4, 0.5) is 11.4 Å². The first-order valence-corrected chi connectivity index (χ1v) is 7.45. The number of H-pyrrole nitrogens is 1. The molecule has 11 nitrogen and oxygen atoms in total. The zero-order valence-corrected chi connectivity index (χ0v) is 14.3. The van der Waals surface area contributed by atoms with E-state index >= 15 is 0 Å². The van der Waals surface area contributed by atoms with E-state index in [-0.39, 0.29) is 11.3 Å². The Hall–Kier alpha value is -4.02. The number of benzene rings is 2. The Labute approximate surface area is 151 Å². The van der Waals surface area contributed by atoms with Gasteiger partial charge in [-0.3, -0.25) is 10.1 Å². The van der Waals surface area contributed by atoms with Crippen LogP contribution in [-0.2, 0) is 0 Å². The van der Waals surface area contributed by atoms with E-state index in [0.717, 1.165) is 5.56 Å². The van der Waals surface area contributed by atoms with Crippen LogP contribution in [0.3, 0.4) is 0 Å². The molecule has 1 aromatic heterocycles. The fourth-order valence-corrected chi connectivity index (χ4v) is 2.31. The van der Waals surface area contributed by atoms with Gasteiger partial charge in [0.25, 0.3) is 0 Å². The number of rotatable bonds is 3. The summed E-state index contributed by atoms with van der Waals surface area (Å²) < 4.78 is 0. The number of hydrogen-bond acceptors (Lipinski definition) is 7. The van der Waals surface area contributed by atoms with E-state index in [1.165, 1.54) is 18.2 Å². The monoisotopic (exact) mass is 373 g/mol. The summed E-state index contributed by atoms with van der Waals surface area (Å²) in [4.78, 5) is 31.1. The number of aromatic carboxylic acids is 2. The van der Waals surface area contributed by atoms with Gasteiger partial charge in [0, 0.05) is 0 Å². The molecule has 0 radical (unpaired) electrons. The maximum absolute atomic E-state index is 10.7. The number of aromatic amines is 1. The highest BCUT2D eigenvalue weighted by molar-refractivity contribution is 6.01. The molecular weight excluding hydrogens is 358 g/mol. The first kappa shape index (κ1) is 19.3. The molecule has 2 aromatic carbocycles. The maximum Gasteiger partial charge on any atom is 0.342 e. The van der Waals surface area contributed by atoms with Crippen LogP contribution < -0.4 is 5.73 Å². The number of carbonyl (C=O) groups is 2. The minimum absolute atomic E-state index is 0.102. The molecule has 0 spiro atoms. The van der Waals surface area contributed by atoms with E-state index < -0.39 is 28.1 Å². The van der Waals surface area contributed by atoms with Crippen molar-refractivity contribution in [2.24, 2.45) is 0 Å². The topological polar surface area (TPSA) is 185 Å². The number of nitrogen functional groups attached to an aromatic ring is 1. The van der Waals surface area contributed by atoms with Gasteiger partial charge in [0.15, 0.2) is 0 Å². The van der Waals surface area contributed by atoms with Crippen LogP contribution in [-0.4, -0.2) is 42.5 Å². The molecule has 27 heavy (non-hydrogen) atoms. The molecular formula is C16H15N5O6. The van der Waals surface area contributed by atoms with Gasteiger partial charge < -0.3 is 15.9 Å². The van der Waals surface area contributed by atoms with Crippen molar-refractivity contribution < 1.29 is 24.7 Å². The van der Waals surface area contributed by atoms with Gasteiger partial charge in [-0.2, -0.15) is 15.4 Å². The summed E-state index contributed by atoms with van der Waals surface area (Å²) in [6.07, 6.45) is 0. The first-order valence-electron chi connectivity index (χ1n) is 7.45. The summed E-state index contributed by atoms with van der Waals surface area (Å²) in [6.45, 7) is 3.43. The predicted octanol–water partition coefficient (Wildman–Crippen LogP) is 2.15. The lowest BCUT2D eigenvalue weighted by Gasteiger charge is -2.03. The van der Waals surface area contributed by atoms with Crippen LogP contribution in [0, 0.1) is 24.0 Å². The molecule has 0 bridgehead atoms. The minimum Gasteiger partial charge on any atom is -0.478 e. The zero-order valence-electron chi connectivity index (χ0n) is 14.3. The summed E-state index contributed by atoms with van der Waals surface area (Å²) >= 11 is 0. The van der Waals surface area contributed by atoms with Crippen molar-refractivity contribution in [1.29, 1.82) is 0 Å². The molecule has 3 aromatic rings. The molecule has 0 aliphatic carbocycles. The average Bonchev–Trinajstić information content (AvgIpc) is 3.07. The number of aromatic nitrogens is 3. The third-order valence-corrected chi connectivity index (χ3v) is 3.76. The van der Waals surface area contributed by atoms with Crippen molar-refractivity contribution in [1.82, 2.24) is 15.4 Å². The quantitative estimate of drug-likeness (QED) is 0.303. The smallest absolute Gasteiger partial charge is 0.342 e. The van der Waals surface area contributed by atoms with Crippen molar-refractivity contribution in [2.75, 3.05) is 5.73 Å². The number of hydrogen-bond donors (Lipinski definition) is 4.